The lowest BCUT2D eigenvalue weighted by atomic mass is 10.3. The number of ether oxygens (including phenoxy) is 1. The van der Waals surface area contributed by atoms with Crippen molar-refractivity contribution in [2.45, 2.75) is 24.7 Å². The molecule has 1 aromatic heterocycles. The molecular formula is C21H22N4O2S. The molecule has 0 aliphatic rings. The topological polar surface area (TPSA) is 69.0 Å². The van der Waals surface area contributed by atoms with E-state index in [1.165, 1.54) is 11.8 Å². The van der Waals surface area contributed by atoms with Gasteiger partial charge in [0.05, 0.1) is 5.75 Å². The number of anilines is 1. The van der Waals surface area contributed by atoms with E-state index in [0.29, 0.717) is 17.5 Å². The molecule has 2 aromatic carbocycles. The summed E-state index contributed by atoms with van der Waals surface area (Å²) in [6.45, 7) is 6.27. The van der Waals surface area contributed by atoms with Gasteiger partial charge in [-0.15, -0.1) is 16.8 Å². The molecule has 0 bridgehead atoms. The second kappa shape index (κ2) is 9.75. The summed E-state index contributed by atoms with van der Waals surface area (Å²) in [4.78, 5) is 12.2. The summed E-state index contributed by atoms with van der Waals surface area (Å²) in [6.07, 6.45) is 1.48. The summed E-state index contributed by atoms with van der Waals surface area (Å²) in [5, 5.41) is 12.0. The smallest absolute Gasteiger partial charge is 0.234 e. The van der Waals surface area contributed by atoms with Crippen molar-refractivity contribution >= 4 is 23.4 Å². The van der Waals surface area contributed by atoms with E-state index in [4.69, 9.17) is 4.74 Å². The van der Waals surface area contributed by atoms with Crippen molar-refractivity contribution in [3.63, 3.8) is 0 Å². The zero-order valence-corrected chi connectivity index (χ0v) is 16.4. The standard InChI is InChI=1S/C21H22N4O2S/c1-3-14-25-20(16(2)27-18-12-8-5-9-13-18)23-24-21(25)28-15-19(26)22-17-10-6-4-7-11-17/h3-13,16H,1,14-15H2,2H3,(H,22,26). The summed E-state index contributed by atoms with van der Waals surface area (Å²) < 4.78 is 7.88. The van der Waals surface area contributed by atoms with Crippen LogP contribution in [0.5, 0.6) is 5.75 Å². The monoisotopic (exact) mass is 394 g/mol. The first kappa shape index (κ1) is 19.7. The number of aromatic nitrogens is 3. The van der Waals surface area contributed by atoms with E-state index >= 15 is 0 Å². The number of para-hydroxylation sites is 2. The molecule has 0 spiro atoms. The minimum atomic E-state index is -0.289. The number of nitrogens with one attached hydrogen (secondary N) is 1. The van der Waals surface area contributed by atoms with Crippen molar-refractivity contribution in [3.05, 3.63) is 79.1 Å². The van der Waals surface area contributed by atoms with Gasteiger partial charge in [0, 0.05) is 12.2 Å². The highest BCUT2D eigenvalue weighted by molar-refractivity contribution is 7.99. The van der Waals surface area contributed by atoms with Gasteiger partial charge < -0.3 is 10.1 Å². The lowest BCUT2D eigenvalue weighted by Crippen LogP contribution is -2.15. The summed E-state index contributed by atoms with van der Waals surface area (Å²) >= 11 is 1.33. The second-order valence-corrected chi connectivity index (χ2v) is 6.96. The Morgan fingerprint density at radius 1 is 1.18 bits per heavy atom. The maximum absolute atomic E-state index is 12.2. The number of hydrogen-bond donors (Lipinski definition) is 1. The molecule has 6 nitrogen and oxygen atoms in total. The first-order valence-electron chi connectivity index (χ1n) is 8.90. The SMILES string of the molecule is C=CCn1c(SCC(=O)Nc2ccccc2)nnc1C(C)Oc1ccccc1. The fourth-order valence-electron chi connectivity index (χ4n) is 2.61. The zero-order valence-electron chi connectivity index (χ0n) is 15.6. The van der Waals surface area contributed by atoms with Crippen molar-refractivity contribution in [1.29, 1.82) is 0 Å². The molecule has 0 aliphatic carbocycles. The Kier molecular flexibility index (Phi) is 6.86. The predicted molar refractivity (Wildman–Crippen MR) is 111 cm³/mol. The van der Waals surface area contributed by atoms with Crippen molar-refractivity contribution in [1.82, 2.24) is 14.8 Å². The van der Waals surface area contributed by atoms with Gasteiger partial charge in [-0.3, -0.25) is 9.36 Å². The summed E-state index contributed by atoms with van der Waals surface area (Å²) in [5.74, 6) is 1.59. The number of nitrogens with zero attached hydrogens (tertiary/aromatic N) is 3. The second-order valence-electron chi connectivity index (χ2n) is 6.02. The molecule has 1 atom stereocenters. The molecule has 0 saturated heterocycles. The molecule has 0 aliphatic heterocycles. The number of hydrogen-bond acceptors (Lipinski definition) is 5. The van der Waals surface area contributed by atoms with E-state index in [2.05, 4.69) is 22.1 Å². The number of carbonyl (C=O) groups is 1. The first-order chi connectivity index (χ1) is 13.7. The largest absolute Gasteiger partial charge is 0.483 e. The van der Waals surface area contributed by atoms with Crippen LogP contribution in [-0.2, 0) is 11.3 Å². The van der Waals surface area contributed by atoms with Gasteiger partial charge in [0.2, 0.25) is 5.91 Å². The van der Waals surface area contributed by atoms with Gasteiger partial charge in [0.15, 0.2) is 17.1 Å². The fraction of sp³-hybridized carbons (Fsp3) is 0.190. The van der Waals surface area contributed by atoms with Gasteiger partial charge in [-0.05, 0) is 31.2 Å². The molecule has 1 amide bonds. The normalized spacial score (nSPS) is 11.6. The van der Waals surface area contributed by atoms with Gasteiger partial charge in [0.1, 0.15) is 5.75 Å². The van der Waals surface area contributed by atoms with Crippen LogP contribution in [0, 0.1) is 0 Å². The maximum Gasteiger partial charge on any atom is 0.234 e. The Labute approximate surface area is 168 Å². The molecule has 144 valence electrons. The minimum absolute atomic E-state index is 0.0977. The molecule has 1 unspecified atom stereocenters. The third-order valence-electron chi connectivity index (χ3n) is 3.87. The van der Waals surface area contributed by atoms with Gasteiger partial charge >= 0.3 is 0 Å². The summed E-state index contributed by atoms with van der Waals surface area (Å²) in [5.41, 5.74) is 0.770. The van der Waals surface area contributed by atoms with Gasteiger partial charge in [-0.1, -0.05) is 54.2 Å². The van der Waals surface area contributed by atoms with Crippen LogP contribution < -0.4 is 10.1 Å². The van der Waals surface area contributed by atoms with Crippen LogP contribution in [0.3, 0.4) is 0 Å². The Bertz CT molecular complexity index is 913. The van der Waals surface area contributed by atoms with E-state index in [9.17, 15) is 4.79 Å². The Morgan fingerprint density at radius 3 is 2.54 bits per heavy atom. The molecule has 3 aromatic rings. The molecule has 7 heteroatoms. The average molecular weight is 395 g/mol. The van der Waals surface area contributed by atoms with Crippen LogP contribution in [-0.4, -0.2) is 26.4 Å². The third kappa shape index (κ3) is 5.23. The number of benzene rings is 2. The summed E-state index contributed by atoms with van der Waals surface area (Å²) in [6, 6.07) is 18.9. The molecule has 0 radical (unpaired) electrons. The van der Waals surface area contributed by atoms with Crippen LogP contribution in [0.1, 0.15) is 18.9 Å². The highest BCUT2D eigenvalue weighted by Gasteiger charge is 2.19. The van der Waals surface area contributed by atoms with Crippen LogP contribution in [0.25, 0.3) is 0 Å². The fourth-order valence-corrected chi connectivity index (χ4v) is 3.37. The van der Waals surface area contributed by atoms with Crippen LogP contribution >= 0.6 is 11.8 Å². The quantitative estimate of drug-likeness (QED) is 0.432. The van der Waals surface area contributed by atoms with Crippen LogP contribution in [0.15, 0.2) is 78.5 Å². The Balaban J connectivity index is 1.66. The Hall–Kier alpha value is -3.06. The van der Waals surface area contributed by atoms with Crippen molar-refractivity contribution in [2.24, 2.45) is 0 Å². The average Bonchev–Trinajstić information content (AvgIpc) is 3.11. The molecular weight excluding hydrogens is 372 g/mol. The Morgan fingerprint density at radius 2 is 1.86 bits per heavy atom. The molecule has 1 N–H and O–H groups in total. The lowest BCUT2D eigenvalue weighted by Gasteiger charge is -2.15. The van der Waals surface area contributed by atoms with Gasteiger partial charge in [0.25, 0.3) is 0 Å². The van der Waals surface area contributed by atoms with Crippen molar-refractivity contribution in [3.8, 4) is 5.75 Å². The molecule has 0 fully saturated rings. The van der Waals surface area contributed by atoms with E-state index in [1.54, 1.807) is 6.08 Å². The van der Waals surface area contributed by atoms with E-state index < -0.39 is 0 Å². The van der Waals surface area contributed by atoms with E-state index in [1.807, 2.05) is 72.2 Å². The lowest BCUT2D eigenvalue weighted by molar-refractivity contribution is -0.113. The van der Waals surface area contributed by atoms with Crippen molar-refractivity contribution in [2.75, 3.05) is 11.1 Å². The summed E-state index contributed by atoms with van der Waals surface area (Å²) in [7, 11) is 0. The first-order valence-corrected chi connectivity index (χ1v) is 9.89. The van der Waals surface area contributed by atoms with Crippen molar-refractivity contribution < 1.29 is 9.53 Å². The molecule has 0 saturated carbocycles. The number of allylic oxidation sites excluding steroid dienone is 1. The number of amides is 1. The van der Waals surface area contributed by atoms with Crippen LogP contribution in [0.4, 0.5) is 5.69 Å². The van der Waals surface area contributed by atoms with Gasteiger partial charge in [-0.25, -0.2) is 0 Å². The third-order valence-corrected chi connectivity index (χ3v) is 4.83. The van der Waals surface area contributed by atoms with Crippen LogP contribution in [0.2, 0.25) is 0 Å². The molecule has 3 rings (SSSR count). The highest BCUT2D eigenvalue weighted by atomic mass is 32.2. The highest BCUT2D eigenvalue weighted by Crippen LogP contribution is 2.24. The zero-order chi connectivity index (χ0) is 19.8. The minimum Gasteiger partial charge on any atom is -0.483 e. The van der Waals surface area contributed by atoms with Gasteiger partial charge in [-0.2, -0.15) is 0 Å². The predicted octanol–water partition coefficient (Wildman–Crippen LogP) is 4.33. The number of thioether (sulfide) groups is 1. The van der Waals surface area contributed by atoms with E-state index in [-0.39, 0.29) is 17.8 Å². The molecule has 1 heterocycles. The molecule has 28 heavy (non-hydrogen) atoms. The number of carbonyl (C=O) groups excluding carboxylic acids is 1. The maximum atomic E-state index is 12.2. The van der Waals surface area contributed by atoms with E-state index in [0.717, 1.165) is 11.4 Å². The number of rotatable bonds is 9.